The molecule has 0 saturated carbocycles. The van der Waals surface area contributed by atoms with Crippen LogP contribution in [0.2, 0.25) is 5.15 Å². The molecule has 0 fully saturated rings. The molecule has 0 aliphatic carbocycles. The zero-order valence-electron chi connectivity index (χ0n) is 12.8. The second-order valence-electron chi connectivity index (χ2n) is 5.40. The summed E-state index contributed by atoms with van der Waals surface area (Å²) in [6.45, 7) is 4.24. The van der Waals surface area contributed by atoms with Crippen molar-refractivity contribution in [3.63, 3.8) is 0 Å². The second kappa shape index (κ2) is 8.42. The molecule has 1 aromatic heterocycles. The first kappa shape index (κ1) is 18.6. The van der Waals surface area contributed by atoms with Gasteiger partial charge in [-0.05, 0) is 73.9 Å². The predicted molar refractivity (Wildman–Crippen MR) is 98.5 cm³/mol. The first-order valence-electron chi connectivity index (χ1n) is 7.22. The van der Waals surface area contributed by atoms with E-state index in [4.69, 9.17) is 21.4 Å². The summed E-state index contributed by atoms with van der Waals surface area (Å²) >= 11 is 13.1. The molecule has 0 spiro atoms. The number of halogens is 3. The summed E-state index contributed by atoms with van der Waals surface area (Å²) in [5.41, 5.74) is 2.00. The van der Waals surface area contributed by atoms with E-state index in [0.29, 0.717) is 16.8 Å². The smallest absolute Gasteiger partial charge is 0.239 e. The van der Waals surface area contributed by atoms with Crippen molar-refractivity contribution in [2.24, 2.45) is 0 Å². The number of aliphatic hydroxyl groups is 1. The Hall–Kier alpha value is -0.690. The molecule has 124 valence electrons. The highest BCUT2D eigenvalue weighted by Crippen LogP contribution is 2.38. The van der Waals surface area contributed by atoms with Crippen molar-refractivity contribution < 1.29 is 9.84 Å². The molecule has 0 atom stereocenters. The molecule has 7 heteroatoms. The lowest BCUT2D eigenvalue weighted by Crippen LogP contribution is -1.98. The highest BCUT2D eigenvalue weighted by Gasteiger charge is 2.14. The first-order valence-corrected chi connectivity index (χ1v) is 9.18. The zero-order chi connectivity index (χ0) is 17.0. The number of aryl methyl sites for hydroxylation is 1. The maximum atomic E-state index is 8.93. The average molecular weight is 465 g/mol. The van der Waals surface area contributed by atoms with Gasteiger partial charge in [-0.3, -0.25) is 0 Å². The first-order chi connectivity index (χ1) is 10.9. The van der Waals surface area contributed by atoms with Crippen LogP contribution >= 0.6 is 43.5 Å². The lowest BCUT2D eigenvalue weighted by atomic mass is 10.1. The average Bonchev–Trinajstić information content (AvgIpc) is 2.50. The summed E-state index contributed by atoms with van der Waals surface area (Å²) in [5.74, 6) is 1.25. The van der Waals surface area contributed by atoms with Gasteiger partial charge in [-0.2, -0.15) is 0 Å². The van der Waals surface area contributed by atoms with Gasteiger partial charge in [-0.1, -0.05) is 25.4 Å². The van der Waals surface area contributed by atoms with Crippen LogP contribution in [0.1, 0.15) is 37.3 Å². The van der Waals surface area contributed by atoms with E-state index in [-0.39, 0.29) is 12.5 Å². The van der Waals surface area contributed by atoms with Gasteiger partial charge in [0, 0.05) is 12.7 Å². The molecule has 0 bridgehead atoms. The number of nitrogens with zero attached hydrogens (tertiary/aromatic N) is 2. The summed E-state index contributed by atoms with van der Waals surface area (Å²) in [6, 6.07) is 5.75. The molecule has 1 N–H and O–H groups in total. The predicted octanol–water partition coefficient (Wildman–Crippen LogP) is 5.50. The third-order valence-electron chi connectivity index (χ3n) is 3.26. The summed E-state index contributed by atoms with van der Waals surface area (Å²) in [4.78, 5) is 0. The summed E-state index contributed by atoms with van der Waals surface area (Å²) in [6.07, 6.45) is 1.52. The van der Waals surface area contributed by atoms with Gasteiger partial charge in [0.1, 0.15) is 0 Å². The summed E-state index contributed by atoms with van der Waals surface area (Å²) in [5, 5.41) is 17.3. The van der Waals surface area contributed by atoms with Crippen LogP contribution in [-0.2, 0) is 6.42 Å². The quantitative estimate of drug-likeness (QED) is 0.614. The van der Waals surface area contributed by atoms with Crippen molar-refractivity contribution in [3.05, 3.63) is 43.4 Å². The fraction of sp³-hybridized carbons (Fsp3) is 0.375. The molecular formula is C16H17Br2ClN2O2. The van der Waals surface area contributed by atoms with E-state index in [1.165, 1.54) is 0 Å². The van der Waals surface area contributed by atoms with Crippen molar-refractivity contribution in [2.45, 2.75) is 32.6 Å². The molecule has 4 nitrogen and oxygen atoms in total. The van der Waals surface area contributed by atoms with Gasteiger partial charge in [0.2, 0.25) is 5.88 Å². The van der Waals surface area contributed by atoms with Gasteiger partial charge in [-0.25, -0.2) is 0 Å². The van der Waals surface area contributed by atoms with Crippen LogP contribution in [0, 0.1) is 0 Å². The van der Waals surface area contributed by atoms with E-state index in [1.54, 1.807) is 6.07 Å². The highest BCUT2D eigenvalue weighted by atomic mass is 79.9. The van der Waals surface area contributed by atoms with E-state index in [9.17, 15) is 0 Å². The van der Waals surface area contributed by atoms with Gasteiger partial charge in [0.05, 0.1) is 8.95 Å². The molecule has 0 saturated heterocycles. The van der Waals surface area contributed by atoms with Crippen molar-refractivity contribution in [3.8, 4) is 11.6 Å². The normalized spacial score (nSPS) is 11.1. The monoisotopic (exact) mass is 462 g/mol. The SMILES string of the molecule is CC(C)c1cc(Oc2c(Br)cc(CCCO)cc2Br)nnc1Cl. The van der Waals surface area contributed by atoms with Crippen LogP contribution in [0.3, 0.4) is 0 Å². The Morgan fingerprint density at radius 2 is 1.83 bits per heavy atom. The Morgan fingerprint density at radius 3 is 2.39 bits per heavy atom. The number of hydrogen-bond acceptors (Lipinski definition) is 4. The van der Waals surface area contributed by atoms with Gasteiger partial charge in [-0.15, -0.1) is 10.2 Å². The zero-order valence-corrected chi connectivity index (χ0v) is 16.7. The minimum atomic E-state index is 0.172. The number of hydrogen-bond donors (Lipinski definition) is 1. The molecule has 2 rings (SSSR count). The maximum absolute atomic E-state index is 8.93. The number of rotatable bonds is 6. The number of benzene rings is 1. The Kier molecular flexibility index (Phi) is 6.83. The standard InChI is InChI=1S/C16H17Br2ClN2O2/c1-9(2)11-8-14(20-21-16(11)19)23-15-12(17)6-10(4-3-5-22)7-13(15)18/h6-9,22H,3-5H2,1-2H3. The molecule has 0 aliphatic rings. The fourth-order valence-electron chi connectivity index (χ4n) is 2.07. The Morgan fingerprint density at radius 1 is 1.17 bits per heavy atom. The molecule has 0 aliphatic heterocycles. The van der Waals surface area contributed by atoms with Gasteiger partial charge >= 0.3 is 0 Å². The molecule has 0 radical (unpaired) electrons. The molecular weight excluding hydrogens is 447 g/mol. The van der Waals surface area contributed by atoms with Gasteiger partial charge in [0.15, 0.2) is 10.9 Å². The van der Waals surface area contributed by atoms with E-state index in [2.05, 4.69) is 42.1 Å². The molecule has 0 unspecified atom stereocenters. The Bertz CT molecular complexity index is 673. The van der Waals surface area contributed by atoms with E-state index >= 15 is 0 Å². The second-order valence-corrected chi connectivity index (χ2v) is 7.47. The van der Waals surface area contributed by atoms with Crippen molar-refractivity contribution in [2.75, 3.05) is 6.61 Å². The van der Waals surface area contributed by atoms with Crippen LogP contribution in [0.5, 0.6) is 11.6 Å². The maximum Gasteiger partial charge on any atom is 0.239 e. The van der Waals surface area contributed by atoms with Crippen LogP contribution < -0.4 is 4.74 Å². The lowest BCUT2D eigenvalue weighted by Gasteiger charge is -2.13. The molecule has 2 aromatic rings. The molecule has 1 heterocycles. The Labute approximate surface area is 157 Å². The minimum Gasteiger partial charge on any atom is -0.435 e. The topological polar surface area (TPSA) is 55.2 Å². The summed E-state index contributed by atoms with van der Waals surface area (Å²) < 4.78 is 7.49. The summed E-state index contributed by atoms with van der Waals surface area (Å²) in [7, 11) is 0. The highest BCUT2D eigenvalue weighted by molar-refractivity contribution is 9.11. The minimum absolute atomic E-state index is 0.172. The third-order valence-corrected chi connectivity index (χ3v) is 4.74. The van der Waals surface area contributed by atoms with Crippen LogP contribution in [0.4, 0.5) is 0 Å². The van der Waals surface area contributed by atoms with Crippen LogP contribution in [0.15, 0.2) is 27.1 Å². The third kappa shape index (κ3) is 4.89. The fourth-order valence-corrected chi connectivity index (χ4v) is 3.82. The number of ether oxygens (including phenoxy) is 1. The van der Waals surface area contributed by atoms with Crippen molar-refractivity contribution in [1.29, 1.82) is 0 Å². The van der Waals surface area contributed by atoms with E-state index in [0.717, 1.165) is 32.9 Å². The number of aromatic nitrogens is 2. The van der Waals surface area contributed by atoms with Crippen molar-refractivity contribution >= 4 is 43.5 Å². The lowest BCUT2D eigenvalue weighted by molar-refractivity contribution is 0.288. The van der Waals surface area contributed by atoms with Crippen LogP contribution in [-0.4, -0.2) is 21.9 Å². The Balaban J connectivity index is 2.28. The van der Waals surface area contributed by atoms with E-state index in [1.807, 2.05) is 26.0 Å². The largest absolute Gasteiger partial charge is 0.435 e. The number of aliphatic hydroxyl groups excluding tert-OH is 1. The molecule has 0 amide bonds. The molecule has 1 aromatic carbocycles. The molecule has 23 heavy (non-hydrogen) atoms. The van der Waals surface area contributed by atoms with E-state index < -0.39 is 0 Å². The van der Waals surface area contributed by atoms with Crippen molar-refractivity contribution in [1.82, 2.24) is 10.2 Å². The van der Waals surface area contributed by atoms with Crippen LogP contribution in [0.25, 0.3) is 0 Å². The van der Waals surface area contributed by atoms with Gasteiger partial charge < -0.3 is 9.84 Å². The van der Waals surface area contributed by atoms with Gasteiger partial charge in [0.25, 0.3) is 0 Å².